The molecule has 1 fully saturated rings. The molecule has 0 radical (unpaired) electrons. The van der Waals surface area contributed by atoms with Gasteiger partial charge < -0.3 is 10.2 Å². The number of carbonyl (C=O) groups is 1. The number of nitrogens with one attached hydrogen (secondary N) is 1. The Bertz CT molecular complexity index is 424. The molecule has 20 heavy (non-hydrogen) atoms. The Morgan fingerprint density at radius 3 is 2.75 bits per heavy atom. The van der Waals surface area contributed by atoms with Crippen LogP contribution in [0.15, 0.2) is 29.2 Å². The van der Waals surface area contributed by atoms with Gasteiger partial charge in [0, 0.05) is 36.7 Å². The van der Waals surface area contributed by atoms with E-state index in [2.05, 4.69) is 5.32 Å². The first-order valence-corrected chi connectivity index (χ1v) is 7.50. The Kier molecular flexibility index (Phi) is 7.34. The van der Waals surface area contributed by atoms with Crippen LogP contribution < -0.4 is 5.32 Å². The minimum absolute atomic E-state index is 0. The van der Waals surface area contributed by atoms with E-state index in [1.165, 1.54) is 12.1 Å². The molecule has 1 heterocycles. The number of hydrogen-bond donors (Lipinski definition) is 1. The van der Waals surface area contributed by atoms with Gasteiger partial charge in [0.05, 0.1) is 0 Å². The van der Waals surface area contributed by atoms with Crippen LogP contribution in [0.5, 0.6) is 0 Å². The van der Waals surface area contributed by atoms with Gasteiger partial charge in [-0.05, 0) is 37.2 Å². The molecule has 1 amide bonds. The van der Waals surface area contributed by atoms with E-state index in [0.717, 1.165) is 30.2 Å². The van der Waals surface area contributed by atoms with Gasteiger partial charge in [-0.1, -0.05) is 0 Å². The maximum atomic E-state index is 12.7. The molecular weight excluding hydrogens is 299 g/mol. The predicted octanol–water partition coefficient (Wildman–Crippen LogP) is 2.55. The molecule has 3 nitrogen and oxygen atoms in total. The highest BCUT2D eigenvalue weighted by atomic mass is 35.5. The van der Waals surface area contributed by atoms with Crippen LogP contribution in [0.3, 0.4) is 0 Å². The lowest BCUT2D eigenvalue weighted by Gasteiger charge is -2.23. The summed E-state index contributed by atoms with van der Waals surface area (Å²) in [6.07, 6.45) is 1.56. The molecule has 6 heteroatoms. The number of hydrogen-bond acceptors (Lipinski definition) is 3. The second kappa shape index (κ2) is 8.49. The topological polar surface area (TPSA) is 32.3 Å². The fourth-order valence-corrected chi connectivity index (χ4v) is 2.98. The van der Waals surface area contributed by atoms with Crippen LogP contribution in [0.1, 0.15) is 12.8 Å². The standard InChI is InChI=1S/C14H19FN2OS.ClH/c1-17(12-6-8-16-10-12)14(18)7-9-19-13-4-2-11(15)3-5-13;/h2-5,12,16H,6-10H2,1H3;1H. The van der Waals surface area contributed by atoms with Gasteiger partial charge in [-0.3, -0.25) is 4.79 Å². The summed E-state index contributed by atoms with van der Waals surface area (Å²) >= 11 is 1.59. The predicted molar refractivity (Wildman–Crippen MR) is 83.0 cm³/mol. The van der Waals surface area contributed by atoms with E-state index in [9.17, 15) is 9.18 Å². The molecule has 1 N–H and O–H groups in total. The molecule has 112 valence electrons. The average Bonchev–Trinajstić information content (AvgIpc) is 2.94. The lowest BCUT2D eigenvalue weighted by atomic mass is 10.2. The van der Waals surface area contributed by atoms with Crippen molar-refractivity contribution in [3.63, 3.8) is 0 Å². The first-order valence-electron chi connectivity index (χ1n) is 6.51. The highest BCUT2D eigenvalue weighted by Gasteiger charge is 2.22. The highest BCUT2D eigenvalue weighted by Crippen LogP contribution is 2.19. The lowest BCUT2D eigenvalue weighted by Crippen LogP contribution is -2.38. The van der Waals surface area contributed by atoms with Crippen molar-refractivity contribution in [2.24, 2.45) is 0 Å². The van der Waals surface area contributed by atoms with E-state index < -0.39 is 0 Å². The van der Waals surface area contributed by atoms with E-state index in [0.29, 0.717) is 12.5 Å². The summed E-state index contributed by atoms with van der Waals surface area (Å²) in [4.78, 5) is 14.9. The molecule has 0 spiro atoms. The molecule has 1 aromatic carbocycles. The zero-order valence-electron chi connectivity index (χ0n) is 11.5. The molecular formula is C14H20ClFN2OS. The summed E-state index contributed by atoms with van der Waals surface area (Å²) in [6, 6.07) is 6.72. The van der Waals surface area contributed by atoms with Gasteiger partial charge >= 0.3 is 0 Å². The molecule has 1 unspecified atom stereocenters. The first-order chi connectivity index (χ1) is 9.16. The number of nitrogens with zero attached hydrogens (tertiary/aromatic N) is 1. The number of likely N-dealkylation sites (N-methyl/N-ethyl adjacent to an activating group) is 1. The fourth-order valence-electron chi connectivity index (χ4n) is 2.14. The Balaban J connectivity index is 0.00000200. The number of benzene rings is 1. The Hall–Kier alpha value is -0.780. The van der Waals surface area contributed by atoms with Crippen molar-refractivity contribution < 1.29 is 9.18 Å². The quantitative estimate of drug-likeness (QED) is 0.847. The maximum absolute atomic E-state index is 12.7. The average molecular weight is 319 g/mol. The second-order valence-corrected chi connectivity index (χ2v) is 5.87. The summed E-state index contributed by atoms with van der Waals surface area (Å²) in [7, 11) is 1.88. The van der Waals surface area contributed by atoms with E-state index in [1.54, 1.807) is 23.9 Å². The second-order valence-electron chi connectivity index (χ2n) is 4.70. The fraction of sp³-hybridized carbons (Fsp3) is 0.500. The highest BCUT2D eigenvalue weighted by molar-refractivity contribution is 7.99. The summed E-state index contributed by atoms with van der Waals surface area (Å²) in [5, 5.41) is 3.26. The van der Waals surface area contributed by atoms with Gasteiger partial charge in [0.2, 0.25) is 5.91 Å². The zero-order valence-corrected chi connectivity index (χ0v) is 13.1. The van der Waals surface area contributed by atoms with Crippen molar-refractivity contribution in [3.05, 3.63) is 30.1 Å². The summed E-state index contributed by atoms with van der Waals surface area (Å²) in [6.45, 7) is 1.89. The van der Waals surface area contributed by atoms with Crippen LogP contribution in [0, 0.1) is 5.82 Å². The van der Waals surface area contributed by atoms with Crippen molar-refractivity contribution in [2.75, 3.05) is 25.9 Å². The van der Waals surface area contributed by atoms with Gasteiger partial charge in [0.15, 0.2) is 0 Å². The van der Waals surface area contributed by atoms with Crippen molar-refractivity contribution >= 4 is 30.1 Å². The van der Waals surface area contributed by atoms with Gasteiger partial charge in [-0.25, -0.2) is 4.39 Å². The van der Waals surface area contributed by atoms with Gasteiger partial charge in [0.25, 0.3) is 0 Å². The first kappa shape index (κ1) is 17.3. The SMILES string of the molecule is CN(C(=O)CCSc1ccc(F)cc1)C1CCNC1.Cl. The van der Waals surface area contributed by atoms with E-state index >= 15 is 0 Å². The molecule has 1 atom stereocenters. The molecule has 1 aliphatic heterocycles. The molecule has 0 aliphatic carbocycles. The summed E-state index contributed by atoms with van der Waals surface area (Å²) < 4.78 is 12.7. The third-order valence-corrected chi connectivity index (χ3v) is 4.39. The molecule has 0 saturated carbocycles. The van der Waals surface area contributed by atoms with E-state index in [4.69, 9.17) is 0 Å². The molecule has 1 aliphatic rings. The smallest absolute Gasteiger partial charge is 0.223 e. The number of thioether (sulfide) groups is 1. The number of halogens is 2. The monoisotopic (exact) mass is 318 g/mol. The van der Waals surface area contributed by atoms with Crippen LogP contribution in [-0.4, -0.2) is 42.7 Å². The molecule has 0 bridgehead atoms. The van der Waals surface area contributed by atoms with Crippen LogP contribution in [0.2, 0.25) is 0 Å². The summed E-state index contributed by atoms with van der Waals surface area (Å²) in [5.74, 6) is 0.687. The van der Waals surface area contributed by atoms with Crippen LogP contribution in [-0.2, 0) is 4.79 Å². The van der Waals surface area contributed by atoms with Crippen molar-refractivity contribution in [1.29, 1.82) is 0 Å². The Morgan fingerprint density at radius 2 is 2.15 bits per heavy atom. The maximum Gasteiger partial charge on any atom is 0.223 e. The normalized spacial score (nSPS) is 17.6. The number of amides is 1. The Labute approximate surface area is 129 Å². The number of rotatable bonds is 5. The molecule has 1 aromatic rings. The van der Waals surface area contributed by atoms with Crippen molar-refractivity contribution in [2.45, 2.75) is 23.8 Å². The van der Waals surface area contributed by atoms with Crippen LogP contribution in [0.4, 0.5) is 4.39 Å². The lowest BCUT2D eigenvalue weighted by molar-refractivity contribution is -0.131. The van der Waals surface area contributed by atoms with Crippen molar-refractivity contribution in [3.8, 4) is 0 Å². The van der Waals surface area contributed by atoms with Gasteiger partial charge in [-0.15, -0.1) is 24.2 Å². The van der Waals surface area contributed by atoms with Crippen LogP contribution in [0.25, 0.3) is 0 Å². The molecule has 1 saturated heterocycles. The van der Waals surface area contributed by atoms with Crippen LogP contribution >= 0.6 is 24.2 Å². The van der Waals surface area contributed by atoms with Gasteiger partial charge in [-0.2, -0.15) is 0 Å². The summed E-state index contributed by atoms with van der Waals surface area (Å²) in [5.41, 5.74) is 0. The van der Waals surface area contributed by atoms with E-state index in [1.807, 2.05) is 11.9 Å². The molecule has 0 aromatic heterocycles. The number of carbonyl (C=O) groups excluding carboxylic acids is 1. The Morgan fingerprint density at radius 1 is 1.45 bits per heavy atom. The third kappa shape index (κ3) is 4.96. The third-order valence-electron chi connectivity index (χ3n) is 3.37. The van der Waals surface area contributed by atoms with Crippen molar-refractivity contribution in [1.82, 2.24) is 10.2 Å². The van der Waals surface area contributed by atoms with E-state index in [-0.39, 0.29) is 24.1 Å². The van der Waals surface area contributed by atoms with Gasteiger partial charge in [0.1, 0.15) is 5.82 Å². The minimum atomic E-state index is -0.228. The zero-order chi connectivity index (χ0) is 13.7. The largest absolute Gasteiger partial charge is 0.341 e. The molecule has 2 rings (SSSR count). The minimum Gasteiger partial charge on any atom is -0.341 e.